The Balaban J connectivity index is 1.64. The largest absolute Gasteiger partial charge is 0.435 e. The van der Waals surface area contributed by atoms with Crippen molar-refractivity contribution >= 4 is 40.7 Å². The molecule has 190 valence electrons. The summed E-state index contributed by atoms with van der Waals surface area (Å²) >= 11 is 11.1. The van der Waals surface area contributed by atoms with Crippen molar-refractivity contribution in [2.75, 3.05) is 5.32 Å². The SMILES string of the molecule is O=C(NCc1ccccc1C(F)(F)F)c1nc(-c2ccccc2)oc1-c1ccc(NC(=O)C(Cl)Cl)cc1. The van der Waals surface area contributed by atoms with Crippen molar-refractivity contribution in [1.29, 1.82) is 0 Å². The molecule has 0 radical (unpaired) electrons. The van der Waals surface area contributed by atoms with E-state index in [4.69, 9.17) is 27.6 Å². The minimum atomic E-state index is -4.56. The van der Waals surface area contributed by atoms with Gasteiger partial charge in [0.05, 0.1) is 5.56 Å². The van der Waals surface area contributed by atoms with Crippen molar-refractivity contribution < 1.29 is 27.2 Å². The Morgan fingerprint density at radius 3 is 2.19 bits per heavy atom. The third kappa shape index (κ3) is 6.31. The minimum absolute atomic E-state index is 0.0892. The number of carbonyl (C=O) groups is 2. The summed E-state index contributed by atoms with van der Waals surface area (Å²) in [6, 6.07) is 20.1. The van der Waals surface area contributed by atoms with Crippen molar-refractivity contribution in [2.24, 2.45) is 0 Å². The van der Waals surface area contributed by atoms with Gasteiger partial charge >= 0.3 is 6.18 Å². The molecule has 2 amide bonds. The van der Waals surface area contributed by atoms with Crippen LogP contribution in [0.25, 0.3) is 22.8 Å². The van der Waals surface area contributed by atoms with Crippen molar-refractivity contribution in [3.63, 3.8) is 0 Å². The monoisotopic (exact) mass is 547 g/mol. The predicted octanol–water partition coefficient (Wildman–Crippen LogP) is 6.70. The number of aromatic nitrogens is 1. The van der Waals surface area contributed by atoms with Crippen LogP contribution in [0.15, 0.2) is 83.3 Å². The van der Waals surface area contributed by atoms with Gasteiger partial charge < -0.3 is 15.1 Å². The van der Waals surface area contributed by atoms with Crippen LogP contribution < -0.4 is 10.6 Å². The lowest BCUT2D eigenvalue weighted by molar-refractivity contribution is -0.138. The first-order valence-corrected chi connectivity index (χ1v) is 11.7. The van der Waals surface area contributed by atoms with E-state index in [2.05, 4.69) is 15.6 Å². The maximum Gasteiger partial charge on any atom is 0.416 e. The third-order valence-corrected chi connectivity index (χ3v) is 5.63. The molecule has 0 spiro atoms. The number of anilines is 1. The maximum atomic E-state index is 13.3. The lowest BCUT2D eigenvalue weighted by Gasteiger charge is -2.13. The van der Waals surface area contributed by atoms with Crippen molar-refractivity contribution in [2.45, 2.75) is 17.6 Å². The molecule has 6 nitrogen and oxygen atoms in total. The van der Waals surface area contributed by atoms with Crippen LogP contribution >= 0.6 is 23.2 Å². The van der Waals surface area contributed by atoms with Gasteiger partial charge in [0.15, 0.2) is 16.3 Å². The van der Waals surface area contributed by atoms with Crippen LogP contribution in [0.5, 0.6) is 0 Å². The van der Waals surface area contributed by atoms with Crippen LogP contribution in [-0.4, -0.2) is 21.6 Å². The molecule has 11 heteroatoms. The van der Waals surface area contributed by atoms with Crippen LogP contribution in [0.2, 0.25) is 0 Å². The number of carbonyl (C=O) groups excluding carboxylic acids is 2. The molecule has 0 unspecified atom stereocenters. The van der Waals surface area contributed by atoms with E-state index in [0.29, 0.717) is 16.8 Å². The lowest BCUT2D eigenvalue weighted by atomic mass is 10.1. The van der Waals surface area contributed by atoms with Gasteiger partial charge in [-0.2, -0.15) is 13.2 Å². The van der Waals surface area contributed by atoms with Gasteiger partial charge in [-0.05, 0) is 48.0 Å². The summed E-state index contributed by atoms with van der Waals surface area (Å²) < 4.78 is 46.0. The summed E-state index contributed by atoms with van der Waals surface area (Å²) in [4.78, 5) is 27.9. The fraction of sp³-hybridized carbons (Fsp3) is 0.115. The van der Waals surface area contributed by atoms with E-state index in [-0.39, 0.29) is 29.5 Å². The Labute approximate surface area is 219 Å². The van der Waals surface area contributed by atoms with Gasteiger partial charge in [0.1, 0.15) is 0 Å². The number of amides is 2. The zero-order valence-electron chi connectivity index (χ0n) is 18.9. The molecule has 0 saturated heterocycles. The van der Waals surface area contributed by atoms with Gasteiger partial charge in [-0.3, -0.25) is 9.59 Å². The Kier molecular flexibility index (Phi) is 7.85. The molecule has 37 heavy (non-hydrogen) atoms. The van der Waals surface area contributed by atoms with Gasteiger partial charge in [-0.15, -0.1) is 0 Å². The predicted molar refractivity (Wildman–Crippen MR) is 134 cm³/mol. The van der Waals surface area contributed by atoms with Crippen LogP contribution in [-0.2, 0) is 17.5 Å². The Morgan fingerprint density at radius 1 is 0.892 bits per heavy atom. The molecule has 1 aromatic heterocycles. The fourth-order valence-corrected chi connectivity index (χ4v) is 3.59. The van der Waals surface area contributed by atoms with Crippen LogP contribution in [0.3, 0.4) is 0 Å². The molecular weight excluding hydrogens is 530 g/mol. The summed E-state index contributed by atoms with van der Waals surface area (Å²) in [6.45, 7) is -0.371. The van der Waals surface area contributed by atoms with Gasteiger partial charge in [-0.1, -0.05) is 59.6 Å². The summed E-state index contributed by atoms with van der Waals surface area (Å²) in [5, 5.41) is 5.03. The number of alkyl halides is 5. The Morgan fingerprint density at radius 2 is 1.54 bits per heavy atom. The number of halogens is 5. The highest BCUT2D eigenvalue weighted by atomic mass is 35.5. The summed E-state index contributed by atoms with van der Waals surface area (Å²) in [5.41, 5.74) is 0.411. The first-order chi connectivity index (χ1) is 17.6. The smallest absolute Gasteiger partial charge is 0.416 e. The van der Waals surface area contributed by atoms with E-state index >= 15 is 0 Å². The van der Waals surface area contributed by atoms with Crippen molar-refractivity contribution in [3.05, 3.63) is 95.7 Å². The molecule has 0 atom stereocenters. The molecule has 0 bridgehead atoms. The number of nitrogens with zero attached hydrogens (tertiary/aromatic N) is 1. The minimum Gasteiger partial charge on any atom is -0.435 e. The average Bonchev–Trinajstić information content (AvgIpc) is 3.33. The molecule has 0 fully saturated rings. The summed E-state index contributed by atoms with van der Waals surface area (Å²) in [6.07, 6.45) is -4.56. The Hall–Kier alpha value is -3.82. The third-order valence-electron chi connectivity index (χ3n) is 5.24. The van der Waals surface area contributed by atoms with Crippen LogP contribution in [0, 0.1) is 0 Å². The summed E-state index contributed by atoms with van der Waals surface area (Å²) in [7, 11) is 0. The zero-order chi connectivity index (χ0) is 26.6. The van der Waals surface area contributed by atoms with E-state index in [1.165, 1.54) is 18.2 Å². The molecule has 4 aromatic rings. The molecule has 0 saturated carbocycles. The van der Waals surface area contributed by atoms with Crippen molar-refractivity contribution in [1.82, 2.24) is 10.3 Å². The second-order valence-electron chi connectivity index (χ2n) is 7.77. The van der Waals surface area contributed by atoms with Crippen LogP contribution in [0.4, 0.5) is 18.9 Å². The molecule has 0 aliphatic carbocycles. The number of benzene rings is 3. The van der Waals surface area contributed by atoms with E-state index in [0.717, 1.165) is 6.07 Å². The molecular formula is C26H18Cl2F3N3O3. The van der Waals surface area contributed by atoms with Gasteiger partial charge in [-0.25, -0.2) is 4.98 Å². The van der Waals surface area contributed by atoms with E-state index in [1.54, 1.807) is 54.6 Å². The molecule has 0 aliphatic heterocycles. The normalized spacial score (nSPS) is 11.4. The molecule has 0 aliphatic rings. The van der Waals surface area contributed by atoms with Gasteiger partial charge in [0.25, 0.3) is 11.8 Å². The number of rotatable bonds is 7. The first-order valence-electron chi connectivity index (χ1n) is 10.8. The number of hydrogen-bond acceptors (Lipinski definition) is 4. The van der Waals surface area contributed by atoms with Crippen molar-refractivity contribution in [3.8, 4) is 22.8 Å². The maximum absolute atomic E-state index is 13.3. The van der Waals surface area contributed by atoms with E-state index in [9.17, 15) is 22.8 Å². The van der Waals surface area contributed by atoms with E-state index in [1.807, 2.05) is 0 Å². The fourth-order valence-electron chi connectivity index (χ4n) is 3.49. The van der Waals surface area contributed by atoms with Gasteiger partial charge in [0.2, 0.25) is 5.89 Å². The Bertz CT molecular complexity index is 1410. The molecule has 2 N–H and O–H groups in total. The second kappa shape index (κ2) is 11.1. The lowest BCUT2D eigenvalue weighted by Crippen LogP contribution is -2.25. The second-order valence-corrected chi connectivity index (χ2v) is 8.86. The summed E-state index contributed by atoms with van der Waals surface area (Å²) in [5.74, 6) is -1.07. The van der Waals surface area contributed by atoms with Gasteiger partial charge in [0, 0.05) is 23.4 Å². The quantitative estimate of drug-likeness (QED) is 0.252. The van der Waals surface area contributed by atoms with E-state index < -0.39 is 28.4 Å². The number of oxazole rings is 1. The highest BCUT2D eigenvalue weighted by molar-refractivity contribution is 6.54. The highest BCUT2D eigenvalue weighted by Crippen LogP contribution is 2.33. The standard InChI is InChI=1S/C26H18Cl2F3N3O3/c27-22(28)24(36)33-18-12-10-15(11-13-18)21-20(34-25(37-21)16-6-2-1-3-7-16)23(35)32-14-17-8-4-5-9-19(17)26(29,30)31/h1-13,22H,14H2,(H,32,35)(H,33,36). The zero-order valence-corrected chi connectivity index (χ0v) is 20.4. The first kappa shape index (κ1) is 26.2. The highest BCUT2D eigenvalue weighted by Gasteiger charge is 2.33. The average molecular weight is 548 g/mol. The molecule has 1 heterocycles. The number of hydrogen-bond donors (Lipinski definition) is 2. The molecule has 4 rings (SSSR count). The number of nitrogens with one attached hydrogen (secondary N) is 2. The topological polar surface area (TPSA) is 84.2 Å². The molecule has 3 aromatic carbocycles. The van der Waals surface area contributed by atoms with Crippen LogP contribution in [0.1, 0.15) is 21.6 Å².